The van der Waals surface area contributed by atoms with E-state index in [2.05, 4.69) is 27.7 Å². The summed E-state index contributed by atoms with van der Waals surface area (Å²) >= 11 is 0. The van der Waals surface area contributed by atoms with Crippen LogP contribution >= 0.6 is 0 Å². The lowest BCUT2D eigenvalue weighted by Gasteiger charge is -2.24. The SMILES string of the molecule is CN(Cc1ccccc1N1CCCC1)C(=O)Nc1cccc(OCC(=O)Nc2ccccc2)c1. The number of hydrogen-bond acceptors (Lipinski definition) is 4. The Kier molecular flexibility index (Phi) is 7.65. The summed E-state index contributed by atoms with van der Waals surface area (Å²) < 4.78 is 5.61. The van der Waals surface area contributed by atoms with Gasteiger partial charge in [0.2, 0.25) is 0 Å². The fourth-order valence-electron chi connectivity index (χ4n) is 3.99. The van der Waals surface area contributed by atoms with Gasteiger partial charge in [0.1, 0.15) is 5.75 Å². The molecule has 3 aromatic carbocycles. The summed E-state index contributed by atoms with van der Waals surface area (Å²) in [4.78, 5) is 29.0. The molecule has 0 aliphatic carbocycles. The summed E-state index contributed by atoms with van der Waals surface area (Å²) in [6.45, 7) is 2.50. The maximum absolute atomic E-state index is 12.8. The maximum Gasteiger partial charge on any atom is 0.321 e. The van der Waals surface area contributed by atoms with Crippen molar-refractivity contribution in [2.45, 2.75) is 19.4 Å². The van der Waals surface area contributed by atoms with Crippen molar-refractivity contribution in [1.29, 1.82) is 0 Å². The van der Waals surface area contributed by atoms with Gasteiger partial charge in [0.15, 0.2) is 6.61 Å². The van der Waals surface area contributed by atoms with E-state index in [1.54, 1.807) is 36.2 Å². The van der Waals surface area contributed by atoms with Crippen LogP contribution in [0.4, 0.5) is 21.9 Å². The number of urea groups is 1. The fourth-order valence-corrected chi connectivity index (χ4v) is 3.99. The van der Waals surface area contributed by atoms with E-state index in [1.807, 2.05) is 42.5 Å². The van der Waals surface area contributed by atoms with Gasteiger partial charge in [-0.3, -0.25) is 4.79 Å². The molecule has 4 rings (SSSR count). The molecule has 0 saturated carbocycles. The molecule has 0 unspecified atom stereocenters. The van der Waals surface area contributed by atoms with Gasteiger partial charge in [-0.25, -0.2) is 4.79 Å². The molecule has 1 fully saturated rings. The highest BCUT2D eigenvalue weighted by Crippen LogP contribution is 2.26. The van der Waals surface area contributed by atoms with Gasteiger partial charge < -0.3 is 25.2 Å². The van der Waals surface area contributed by atoms with Crippen molar-refractivity contribution in [3.05, 3.63) is 84.4 Å². The van der Waals surface area contributed by atoms with Crippen LogP contribution in [-0.4, -0.2) is 43.6 Å². The summed E-state index contributed by atoms with van der Waals surface area (Å²) in [5.41, 5.74) is 3.64. The van der Waals surface area contributed by atoms with E-state index in [-0.39, 0.29) is 18.5 Å². The van der Waals surface area contributed by atoms with Crippen LogP contribution in [0.3, 0.4) is 0 Å². The van der Waals surface area contributed by atoms with E-state index >= 15 is 0 Å². The minimum absolute atomic E-state index is 0.126. The average Bonchev–Trinajstić information content (AvgIpc) is 3.39. The second-order valence-electron chi connectivity index (χ2n) is 8.34. The lowest BCUT2D eigenvalue weighted by molar-refractivity contribution is -0.118. The van der Waals surface area contributed by atoms with Crippen LogP contribution in [-0.2, 0) is 11.3 Å². The highest BCUT2D eigenvalue weighted by atomic mass is 16.5. The fraction of sp³-hybridized carbons (Fsp3) is 0.259. The Morgan fingerprint density at radius 2 is 1.59 bits per heavy atom. The van der Waals surface area contributed by atoms with Crippen molar-refractivity contribution >= 4 is 29.0 Å². The van der Waals surface area contributed by atoms with Crippen LogP contribution in [0.1, 0.15) is 18.4 Å². The van der Waals surface area contributed by atoms with E-state index in [1.165, 1.54) is 18.5 Å². The molecular formula is C27H30N4O3. The molecule has 0 atom stereocenters. The number of carbonyl (C=O) groups excluding carboxylic acids is 2. The van der Waals surface area contributed by atoms with Crippen molar-refractivity contribution in [3.8, 4) is 5.75 Å². The molecular weight excluding hydrogens is 428 g/mol. The summed E-state index contributed by atoms with van der Waals surface area (Å²) in [7, 11) is 1.78. The average molecular weight is 459 g/mol. The Labute approximate surface area is 200 Å². The molecule has 7 heteroatoms. The summed E-state index contributed by atoms with van der Waals surface area (Å²) in [5, 5.41) is 5.69. The first-order chi connectivity index (χ1) is 16.6. The molecule has 7 nitrogen and oxygen atoms in total. The molecule has 0 spiro atoms. The molecule has 2 N–H and O–H groups in total. The Balaban J connectivity index is 1.31. The summed E-state index contributed by atoms with van der Waals surface area (Å²) in [6, 6.07) is 24.3. The number of nitrogens with one attached hydrogen (secondary N) is 2. The first-order valence-electron chi connectivity index (χ1n) is 11.5. The Hall–Kier alpha value is -4.00. The van der Waals surface area contributed by atoms with Gasteiger partial charge in [0, 0.05) is 49.8 Å². The van der Waals surface area contributed by atoms with Crippen LogP contribution in [0.2, 0.25) is 0 Å². The Bertz CT molecular complexity index is 1110. The first-order valence-corrected chi connectivity index (χ1v) is 11.5. The zero-order valence-electron chi connectivity index (χ0n) is 19.4. The molecule has 1 aliphatic rings. The van der Waals surface area contributed by atoms with E-state index in [9.17, 15) is 9.59 Å². The topological polar surface area (TPSA) is 73.9 Å². The standard InChI is InChI=1S/C27H30N4O3/c1-30(19-21-10-5-6-15-25(21)31-16-7-8-17-31)27(33)29-23-13-9-14-24(18-23)34-20-26(32)28-22-11-3-2-4-12-22/h2-6,9-15,18H,7-8,16-17,19-20H2,1H3,(H,28,32)(H,29,33). The number of hydrogen-bond donors (Lipinski definition) is 2. The number of amides is 3. The molecule has 1 saturated heterocycles. The van der Waals surface area contributed by atoms with E-state index in [0.717, 1.165) is 18.7 Å². The number of benzene rings is 3. The molecule has 0 bridgehead atoms. The van der Waals surface area contributed by atoms with Gasteiger partial charge in [-0.05, 0) is 48.7 Å². The zero-order chi connectivity index (χ0) is 23.8. The van der Waals surface area contributed by atoms with Gasteiger partial charge in [-0.1, -0.05) is 42.5 Å². The Morgan fingerprint density at radius 3 is 2.38 bits per heavy atom. The number of ether oxygens (including phenoxy) is 1. The lowest BCUT2D eigenvalue weighted by Crippen LogP contribution is -2.31. The smallest absolute Gasteiger partial charge is 0.321 e. The van der Waals surface area contributed by atoms with E-state index < -0.39 is 0 Å². The van der Waals surface area contributed by atoms with E-state index in [4.69, 9.17) is 4.74 Å². The summed E-state index contributed by atoms with van der Waals surface area (Å²) in [6.07, 6.45) is 2.41. The van der Waals surface area contributed by atoms with Crippen molar-refractivity contribution in [3.63, 3.8) is 0 Å². The molecule has 3 aromatic rings. The molecule has 176 valence electrons. The maximum atomic E-state index is 12.8. The summed E-state index contributed by atoms with van der Waals surface area (Å²) in [5.74, 6) is 0.250. The van der Waals surface area contributed by atoms with Crippen molar-refractivity contribution < 1.29 is 14.3 Å². The molecule has 1 aliphatic heterocycles. The minimum atomic E-state index is -0.253. The van der Waals surface area contributed by atoms with Crippen molar-refractivity contribution in [1.82, 2.24) is 4.90 Å². The van der Waals surface area contributed by atoms with Crippen LogP contribution in [0, 0.1) is 0 Å². The highest BCUT2D eigenvalue weighted by Gasteiger charge is 2.18. The van der Waals surface area contributed by atoms with Gasteiger partial charge in [0.25, 0.3) is 5.91 Å². The second-order valence-corrected chi connectivity index (χ2v) is 8.34. The predicted octanol–water partition coefficient (Wildman–Crippen LogP) is 4.97. The van der Waals surface area contributed by atoms with Crippen LogP contribution in [0.25, 0.3) is 0 Å². The third-order valence-corrected chi connectivity index (χ3v) is 5.71. The molecule has 0 radical (unpaired) electrons. The van der Waals surface area contributed by atoms with E-state index in [0.29, 0.717) is 23.7 Å². The molecule has 3 amide bonds. The number of carbonyl (C=O) groups is 2. The highest BCUT2D eigenvalue weighted by molar-refractivity contribution is 5.92. The Morgan fingerprint density at radius 1 is 0.882 bits per heavy atom. The third kappa shape index (κ3) is 6.28. The van der Waals surface area contributed by atoms with Crippen molar-refractivity contribution in [2.75, 3.05) is 42.3 Å². The predicted molar refractivity (Wildman–Crippen MR) is 135 cm³/mol. The van der Waals surface area contributed by atoms with Gasteiger partial charge in [-0.15, -0.1) is 0 Å². The third-order valence-electron chi connectivity index (χ3n) is 5.71. The molecule has 1 heterocycles. The monoisotopic (exact) mass is 458 g/mol. The van der Waals surface area contributed by atoms with Crippen LogP contribution in [0.15, 0.2) is 78.9 Å². The normalized spacial score (nSPS) is 12.8. The van der Waals surface area contributed by atoms with Crippen molar-refractivity contribution in [2.24, 2.45) is 0 Å². The van der Waals surface area contributed by atoms with Gasteiger partial charge in [-0.2, -0.15) is 0 Å². The number of para-hydroxylation sites is 2. The quantitative estimate of drug-likeness (QED) is 0.500. The number of anilines is 3. The first kappa shape index (κ1) is 23.2. The minimum Gasteiger partial charge on any atom is -0.484 e. The largest absolute Gasteiger partial charge is 0.484 e. The van der Waals surface area contributed by atoms with Crippen LogP contribution < -0.4 is 20.3 Å². The number of nitrogens with zero attached hydrogens (tertiary/aromatic N) is 2. The second kappa shape index (κ2) is 11.2. The van der Waals surface area contributed by atoms with Gasteiger partial charge in [0.05, 0.1) is 0 Å². The number of rotatable bonds is 8. The molecule has 0 aromatic heterocycles. The molecule has 34 heavy (non-hydrogen) atoms. The zero-order valence-corrected chi connectivity index (χ0v) is 19.4. The van der Waals surface area contributed by atoms with Crippen LogP contribution in [0.5, 0.6) is 5.75 Å². The van der Waals surface area contributed by atoms with Gasteiger partial charge >= 0.3 is 6.03 Å². The lowest BCUT2D eigenvalue weighted by atomic mass is 10.1.